The van der Waals surface area contributed by atoms with Gasteiger partial charge in [-0.15, -0.1) is 0 Å². The molecule has 2 aromatic rings. The molecule has 0 amide bonds. The lowest BCUT2D eigenvalue weighted by molar-refractivity contribution is -0.149. The van der Waals surface area contributed by atoms with Crippen LogP contribution in [0.3, 0.4) is 0 Å². The van der Waals surface area contributed by atoms with Gasteiger partial charge in [0.25, 0.3) is 0 Å². The van der Waals surface area contributed by atoms with Gasteiger partial charge in [-0.2, -0.15) is 0 Å². The molecule has 144 valence electrons. The zero-order valence-corrected chi connectivity index (χ0v) is 16.1. The van der Waals surface area contributed by atoms with Crippen LogP contribution in [-0.2, 0) is 16.1 Å². The topological polar surface area (TPSA) is 66.8 Å². The molecule has 3 rings (SSSR count). The number of ether oxygens (including phenoxy) is 1. The lowest BCUT2D eigenvalue weighted by Gasteiger charge is -2.34. The minimum Gasteiger partial charge on any atom is -0.466 e. The first-order chi connectivity index (χ1) is 13.2. The first kappa shape index (κ1) is 19.1. The third kappa shape index (κ3) is 4.76. The van der Waals surface area contributed by atoms with Crippen molar-refractivity contribution in [1.82, 2.24) is 15.2 Å². The number of carbonyl (C=O) groups excluding carboxylic acids is 1. The largest absolute Gasteiger partial charge is 0.466 e. The molecule has 1 aliphatic heterocycles. The normalized spacial score (nSPS) is 17.8. The number of pyridine rings is 1. The number of aromatic nitrogens is 1. The third-order valence-corrected chi connectivity index (χ3v) is 4.81. The first-order valence-electron chi connectivity index (χ1n) is 9.75. The van der Waals surface area contributed by atoms with Crippen molar-refractivity contribution in [3.8, 4) is 0 Å². The second-order valence-electron chi connectivity index (χ2n) is 6.69. The summed E-state index contributed by atoms with van der Waals surface area (Å²) in [5.74, 6) is 0.647. The first-order valence-corrected chi connectivity index (χ1v) is 9.75. The molecule has 1 N–H and O–H groups in total. The smallest absolute Gasteiger partial charge is 0.310 e. The highest BCUT2D eigenvalue weighted by atomic mass is 16.5. The fraction of sp³-hybridized carbons (Fsp3) is 0.476. The van der Waals surface area contributed by atoms with Crippen molar-refractivity contribution >= 4 is 22.7 Å². The van der Waals surface area contributed by atoms with Crippen molar-refractivity contribution in [3.63, 3.8) is 0 Å². The summed E-state index contributed by atoms with van der Waals surface area (Å²) in [6.45, 7) is 7.15. The van der Waals surface area contributed by atoms with Crippen molar-refractivity contribution in [3.05, 3.63) is 42.2 Å². The highest BCUT2D eigenvalue weighted by Gasteiger charge is 2.28. The van der Waals surface area contributed by atoms with Crippen LogP contribution in [0.2, 0.25) is 0 Å². The molecular weight excluding hydrogens is 340 g/mol. The van der Waals surface area contributed by atoms with Crippen LogP contribution >= 0.6 is 0 Å². The van der Waals surface area contributed by atoms with E-state index in [0.717, 1.165) is 43.0 Å². The van der Waals surface area contributed by atoms with E-state index in [0.29, 0.717) is 19.7 Å². The zero-order valence-electron chi connectivity index (χ0n) is 16.1. The maximum absolute atomic E-state index is 12.1. The van der Waals surface area contributed by atoms with Gasteiger partial charge in [-0.3, -0.25) is 9.78 Å². The summed E-state index contributed by atoms with van der Waals surface area (Å²) in [6, 6.07) is 10.2. The Kier molecular flexibility index (Phi) is 6.63. The van der Waals surface area contributed by atoms with Crippen molar-refractivity contribution < 1.29 is 9.53 Å². The Morgan fingerprint density at radius 2 is 2.19 bits per heavy atom. The van der Waals surface area contributed by atoms with Gasteiger partial charge in [0, 0.05) is 31.2 Å². The van der Waals surface area contributed by atoms with Crippen molar-refractivity contribution in [1.29, 1.82) is 0 Å². The molecular formula is C21H28N4O2. The summed E-state index contributed by atoms with van der Waals surface area (Å²) in [5, 5.41) is 5.66. The second-order valence-corrected chi connectivity index (χ2v) is 6.69. The maximum atomic E-state index is 12.1. The van der Waals surface area contributed by atoms with Gasteiger partial charge in [-0.1, -0.05) is 24.3 Å². The molecule has 1 aromatic heterocycles. The van der Waals surface area contributed by atoms with Crippen LogP contribution in [0.25, 0.3) is 10.8 Å². The van der Waals surface area contributed by atoms with E-state index in [1.54, 1.807) is 0 Å². The predicted octanol–water partition coefficient (Wildman–Crippen LogP) is 2.98. The molecule has 6 nitrogen and oxygen atoms in total. The lowest BCUT2D eigenvalue weighted by atomic mass is 9.98. The number of fused-ring (bicyclic) bond motifs is 1. The van der Waals surface area contributed by atoms with E-state index in [2.05, 4.69) is 34.3 Å². The number of rotatable bonds is 5. The quantitative estimate of drug-likeness (QED) is 0.499. The Hall–Kier alpha value is -2.63. The predicted molar refractivity (Wildman–Crippen MR) is 107 cm³/mol. The van der Waals surface area contributed by atoms with E-state index < -0.39 is 0 Å². The van der Waals surface area contributed by atoms with E-state index in [9.17, 15) is 4.79 Å². The van der Waals surface area contributed by atoms with Crippen molar-refractivity contribution in [2.45, 2.75) is 33.2 Å². The van der Waals surface area contributed by atoms with E-state index >= 15 is 0 Å². The number of aliphatic imine (C=N–C) groups is 1. The molecule has 1 saturated heterocycles. The van der Waals surface area contributed by atoms with Crippen LogP contribution in [-0.4, -0.2) is 48.1 Å². The Balaban J connectivity index is 1.77. The number of benzene rings is 1. The van der Waals surface area contributed by atoms with Crippen LogP contribution in [0.1, 0.15) is 32.4 Å². The molecule has 27 heavy (non-hydrogen) atoms. The number of nitrogens with zero attached hydrogens (tertiary/aromatic N) is 3. The number of carbonyl (C=O) groups is 1. The molecule has 0 saturated carbocycles. The average molecular weight is 368 g/mol. The number of nitrogens with one attached hydrogen (secondary N) is 1. The third-order valence-electron chi connectivity index (χ3n) is 4.81. The molecule has 1 atom stereocenters. The molecule has 0 unspecified atom stereocenters. The number of piperidine rings is 1. The van der Waals surface area contributed by atoms with Gasteiger partial charge in [0.15, 0.2) is 5.96 Å². The van der Waals surface area contributed by atoms with Gasteiger partial charge in [-0.05, 0) is 38.1 Å². The monoisotopic (exact) mass is 368 g/mol. The van der Waals surface area contributed by atoms with Gasteiger partial charge in [0.2, 0.25) is 0 Å². The molecule has 1 fully saturated rings. The van der Waals surface area contributed by atoms with Gasteiger partial charge in [-0.25, -0.2) is 4.99 Å². The summed E-state index contributed by atoms with van der Waals surface area (Å²) in [5.41, 5.74) is 0.961. The summed E-state index contributed by atoms with van der Waals surface area (Å²) < 4.78 is 5.21. The summed E-state index contributed by atoms with van der Waals surface area (Å²) in [6.07, 6.45) is 3.66. The number of hydrogen-bond acceptors (Lipinski definition) is 4. The molecule has 0 radical (unpaired) electrons. The van der Waals surface area contributed by atoms with Crippen molar-refractivity contribution in [2.75, 3.05) is 26.2 Å². The SMILES string of the molecule is CCNC(=NCc1nccc2ccccc12)N1CCC[C@H](C(=O)OCC)C1. The van der Waals surface area contributed by atoms with Crippen LogP contribution in [0.5, 0.6) is 0 Å². The van der Waals surface area contributed by atoms with E-state index in [1.165, 1.54) is 5.39 Å². The van der Waals surface area contributed by atoms with Crippen molar-refractivity contribution in [2.24, 2.45) is 10.9 Å². The van der Waals surface area contributed by atoms with Gasteiger partial charge in [0.05, 0.1) is 24.8 Å². The molecule has 2 heterocycles. The molecule has 0 bridgehead atoms. The van der Waals surface area contributed by atoms with E-state index in [4.69, 9.17) is 9.73 Å². The summed E-state index contributed by atoms with van der Waals surface area (Å²) in [4.78, 5) is 23.6. The van der Waals surface area contributed by atoms with Crippen LogP contribution < -0.4 is 5.32 Å². The molecule has 0 spiro atoms. The summed E-state index contributed by atoms with van der Waals surface area (Å²) >= 11 is 0. The fourth-order valence-corrected chi connectivity index (χ4v) is 3.51. The number of guanidine groups is 1. The summed E-state index contributed by atoms with van der Waals surface area (Å²) in [7, 11) is 0. The van der Waals surface area contributed by atoms with Gasteiger partial charge in [0.1, 0.15) is 0 Å². The second kappa shape index (κ2) is 9.35. The Morgan fingerprint density at radius 3 is 3.00 bits per heavy atom. The van der Waals surface area contributed by atoms with E-state index in [-0.39, 0.29) is 11.9 Å². The van der Waals surface area contributed by atoms with Gasteiger partial charge < -0.3 is 15.0 Å². The molecule has 6 heteroatoms. The Labute approximate surface area is 160 Å². The maximum Gasteiger partial charge on any atom is 0.310 e. The molecule has 0 aliphatic carbocycles. The standard InChI is InChI=1S/C21H28N4O2/c1-3-22-21(25-13-7-9-17(15-25)20(26)27-4-2)24-14-19-18-10-6-5-8-16(18)11-12-23-19/h5-6,8,10-12,17H,3-4,7,9,13-15H2,1-2H3,(H,22,24)/t17-/m0/s1. The lowest BCUT2D eigenvalue weighted by Crippen LogP contribution is -2.48. The number of hydrogen-bond donors (Lipinski definition) is 1. The highest BCUT2D eigenvalue weighted by molar-refractivity contribution is 5.85. The highest BCUT2D eigenvalue weighted by Crippen LogP contribution is 2.19. The zero-order chi connectivity index (χ0) is 19.1. The van der Waals surface area contributed by atoms with Crippen LogP contribution in [0.15, 0.2) is 41.5 Å². The number of likely N-dealkylation sites (tertiary alicyclic amines) is 1. The molecule has 1 aliphatic rings. The Morgan fingerprint density at radius 1 is 1.33 bits per heavy atom. The minimum atomic E-state index is -0.103. The number of esters is 1. The Bertz CT molecular complexity index is 800. The fourth-order valence-electron chi connectivity index (χ4n) is 3.51. The van der Waals surface area contributed by atoms with Gasteiger partial charge >= 0.3 is 5.97 Å². The van der Waals surface area contributed by atoms with E-state index in [1.807, 2.05) is 31.3 Å². The van der Waals surface area contributed by atoms with Crippen LogP contribution in [0, 0.1) is 5.92 Å². The molecule has 1 aromatic carbocycles. The average Bonchev–Trinajstić information content (AvgIpc) is 2.71. The minimum absolute atomic E-state index is 0.0850. The van der Waals surface area contributed by atoms with Crippen LogP contribution in [0.4, 0.5) is 0 Å².